The number of amides is 2. The SMILES string of the molecule is O=C(C[C@H]1CCCN1C(=O)N1CCOCC1)c1cccs1. The summed E-state index contributed by atoms with van der Waals surface area (Å²) in [6, 6.07) is 3.87. The van der Waals surface area contributed by atoms with E-state index in [9.17, 15) is 9.59 Å². The molecule has 2 amide bonds. The number of nitrogens with zero attached hydrogens (tertiary/aromatic N) is 2. The molecule has 21 heavy (non-hydrogen) atoms. The molecule has 2 fully saturated rings. The summed E-state index contributed by atoms with van der Waals surface area (Å²) in [5.74, 6) is 0.150. The van der Waals surface area contributed by atoms with Gasteiger partial charge in [-0.25, -0.2) is 4.79 Å². The monoisotopic (exact) mass is 308 g/mol. The lowest BCUT2D eigenvalue weighted by atomic mass is 10.1. The number of carbonyl (C=O) groups excluding carboxylic acids is 2. The van der Waals surface area contributed by atoms with E-state index in [1.54, 1.807) is 0 Å². The van der Waals surface area contributed by atoms with Gasteiger partial charge in [0.1, 0.15) is 0 Å². The van der Waals surface area contributed by atoms with Crippen LogP contribution in [0.3, 0.4) is 0 Å². The zero-order valence-electron chi connectivity index (χ0n) is 12.0. The van der Waals surface area contributed by atoms with Gasteiger partial charge < -0.3 is 14.5 Å². The first-order chi connectivity index (χ1) is 10.3. The molecule has 114 valence electrons. The van der Waals surface area contributed by atoms with Gasteiger partial charge in [-0.05, 0) is 24.3 Å². The van der Waals surface area contributed by atoms with Crippen LogP contribution < -0.4 is 0 Å². The first-order valence-corrected chi connectivity index (χ1v) is 8.33. The van der Waals surface area contributed by atoms with Gasteiger partial charge in [0.15, 0.2) is 5.78 Å². The zero-order valence-corrected chi connectivity index (χ0v) is 12.8. The minimum Gasteiger partial charge on any atom is -0.378 e. The summed E-state index contributed by atoms with van der Waals surface area (Å²) in [6.45, 7) is 3.29. The maximum atomic E-state index is 12.6. The number of rotatable bonds is 3. The van der Waals surface area contributed by atoms with Crippen LogP contribution in [0.4, 0.5) is 4.79 Å². The van der Waals surface area contributed by atoms with Crippen LogP contribution in [0.5, 0.6) is 0 Å². The minimum atomic E-state index is 0.0509. The number of thiophene rings is 1. The highest BCUT2D eigenvalue weighted by molar-refractivity contribution is 7.12. The molecule has 2 aliphatic rings. The molecule has 5 nitrogen and oxygen atoms in total. The van der Waals surface area contributed by atoms with Crippen LogP contribution in [0.25, 0.3) is 0 Å². The van der Waals surface area contributed by atoms with Crippen molar-refractivity contribution in [2.45, 2.75) is 25.3 Å². The summed E-state index contributed by atoms with van der Waals surface area (Å²) in [5.41, 5.74) is 0. The van der Waals surface area contributed by atoms with Gasteiger partial charge in [0.25, 0.3) is 0 Å². The molecule has 2 saturated heterocycles. The first kappa shape index (κ1) is 14.5. The van der Waals surface area contributed by atoms with Crippen LogP contribution in [0, 0.1) is 0 Å². The van der Waals surface area contributed by atoms with Crippen molar-refractivity contribution in [3.8, 4) is 0 Å². The zero-order chi connectivity index (χ0) is 14.7. The average Bonchev–Trinajstić information content (AvgIpc) is 3.19. The fraction of sp³-hybridized carbons (Fsp3) is 0.600. The molecule has 0 bridgehead atoms. The topological polar surface area (TPSA) is 49.9 Å². The number of hydrogen-bond donors (Lipinski definition) is 0. The van der Waals surface area contributed by atoms with Crippen LogP contribution in [-0.2, 0) is 4.74 Å². The maximum absolute atomic E-state index is 12.6. The predicted octanol–water partition coefficient (Wildman–Crippen LogP) is 2.24. The van der Waals surface area contributed by atoms with Crippen molar-refractivity contribution in [1.29, 1.82) is 0 Å². The van der Waals surface area contributed by atoms with Crippen molar-refractivity contribution in [3.63, 3.8) is 0 Å². The third kappa shape index (κ3) is 3.27. The summed E-state index contributed by atoms with van der Waals surface area (Å²) in [7, 11) is 0. The molecule has 2 aliphatic heterocycles. The summed E-state index contributed by atoms with van der Waals surface area (Å²) >= 11 is 1.47. The fourth-order valence-electron chi connectivity index (χ4n) is 2.99. The van der Waals surface area contributed by atoms with E-state index >= 15 is 0 Å². The van der Waals surface area contributed by atoms with Gasteiger partial charge in [-0.1, -0.05) is 6.07 Å². The normalized spacial score (nSPS) is 22.6. The number of carbonyl (C=O) groups is 2. The molecule has 3 rings (SSSR count). The Morgan fingerprint density at radius 2 is 2.10 bits per heavy atom. The summed E-state index contributed by atoms with van der Waals surface area (Å²) in [4.78, 5) is 29.3. The van der Waals surface area contributed by atoms with Crippen LogP contribution in [0.2, 0.25) is 0 Å². The number of hydrogen-bond acceptors (Lipinski definition) is 4. The van der Waals surface area contributed by atoms with E-state index < -0.39 is 0 Å². The van der Waals surface area contributed by atoms with E-state index in [1.165, 1.54) is 11.3 Å². The molecular formula is C15H20N2O3S. The molecule has 0 spiro atoms. The third-order valence-electron chi connectivity index (χ3n) is 4.12. The van der Waals surface area contributed by atoms with E-state index in [2.05, 4.69) is 0 Å². The quantitative estimate of drug-likeness (QED) is 0.805. The Labute approximate surface area is 128 Å². The Balaban J connectivity index is 1.62. The molecule has 0 N–H and O–H groups in total. The van der Waals surface area contributed by atoms with Crippen molar-refractivity contribution >= 4 is 23.2 Å². The lowest BCUT2D eigenvalue weighted by molar-refractivity contribution is 0.0418. The number of Topliss-reactive ketones (excluding diaryl/α,β-unsaturated/α-hetero) is 1. The van der Waals surface area contributed by atoms with E-state index in [0.29, 0.717) is 32.7 Å². The van der Waals surface area contributed by atoms with Crippen molar-refractivity contribution < 1.29 is 14.3 Å². The highest BCUT2D eigenvalue weighted by atomic mass is 32.1. The Morgan fingerprint density at radius 3 is 2.81 bits per heavy atom. The number of ether oxygens (including phenoxy) is 1. The Kier molecular flexibility index (Phi) is 4.55. The van der Waals surface area contributed by atoms with Gasteiger partial charge >= 0.3 is 6.03 Å². The average molecular weight is 308 g/mol. The molecular weight excluding hydrogens is 288 g/mol. The molecule has 0 unspecified atom stereocenters. The third-order valence-corrected chi connectivity index (χ3v) is 5.03. The van der Waals surface area contributed by atoms with Crippen LogP contribution in [0.1, 0.15) is 28.9 Å². The predicted molar refractivity (Wildman–Crippen MR) is 80.8 cm³/mol. The second-order valence-electron chi connectivity index (χ2n) is 5.48. The molecule has 0 aliphatic carbocycles. The van der Waals surface area contributed by atoms with Crippen molar-refractivity contribution in [1.82, 2.24) is 9.80 Å². The summed E-state index contributed by atoms with van der Waals surface area (Å²) < 4.78 is 5.29. The van der Waals surface area contributed by atoms with Crippen molar-refractivity contribution in [2.24, 2.45) is 0 Å². The summed E-state index contributed by atoms with van der Waals surface area (Å²) in [5, 5.41) is 1.92. The Morgan fingerprint density at radius 1 is 1.29 bits per heavy atom. The Hall–Kier alpha value is -1.40. The van der Waals surface area contributed by atoms with Crippen molar-refractivity contribution in [2.75, 3.05) is 32.8 Å². The highest BCUT2D eigenvalue weighted by Gasteiger charge is 2.33. The standard InChI is InChI=1S/C15H20N2O3S/c18-13(14-4-2-10-21-14)11-12-3-1-5-17(12)15(19)16-6-8-20-9-7-16/h2,4,10,12H,1,3,5-9,11H2/t12-/m1/s1. The Bertz CT molecular complexity index is 497. The van der Waals surface area contributed by atoms with Gasteiger partial charge in [-0.3, -0.25) is 4.79 Å². The highest BCUT2D eigenvalue weighted by Crippen LogP contribution is 2.24. The minimum absolute atomic E-state index is 0.0509. The molecule has 3 heterocycles. The van der Waals surface area contributed by atoms with Crippen LogP contribution >= 0.6 is 11.3 Å². The lowest BCUT2D eigenvalue weighted by Crippen LogP contribution is -2.50. The van der Waals surface area contributed by atoms with Crippen LogP contribution in [-0.4, -0.2) is 60.5 Å². The summed E-state index contributed by atoms with van der Waals surface area (Å²) in [6.07, 6.45) is 2.35. The maximum Gasteiger partial charge on any atom is 0.320 e. The van der Waals surface area contributed by atoms with E-state index in [-0.39, 0.29) is 17.9 Å². The molecule has 1 aromatic rings. The number of ketones is 1. The second-order valence-corrected chi connectivity index (χ2v) is 6.42. The van der Waals surface area contributed by atoms with Gasteiger partial charge in [0.05, 0.1) is 18.1 Å². The lowest BCUT2D eigenvalue weighted by Gasteiger charge is -2.33. The van der Waals surface area contributed by atoms with Gasteiger partial charge in [0.2, 0.25) is 0 Å². The molecule has 1 aromatic heterocycles. The van der Waals surface area contributed by atoms with Gasteiger partial charge in [-0.2, -0.15) is 0 Å². The molecule has 6 heteroatoms. The van der Waals surface area contributed by atoms with Crippen LogP contribution in [0.15, 0.2) is 17.5 Å². The first-order valence-electron chi connectivity index (χ1n) is 7.45. The number of urea groups is 1. The van der Waals surface area contributed by atoms with E-state index in [0.717, 1.165) is 24.3 Å². The van der Waals surface area contributed by atoms with Gasteiger partial charge in [-0.15, -0.1) is 11.3 Å². The fourth-order valence-corrected chi connectivity index (χ4v) is 3.66. The van der Waals surface area contributed by atoms with E-state index in [4.69, 9.17) is 4.74 Å². The molecule has 1 atom stereocenters. The number of morpholine rings is 1. The van der Waals surface area contributed by atoms with E-state index in [1.807, 2.05) is 27.3 Å². The number of likely N-dealkylation sites (tertiary alicyclic amines) is 1. The van der Waals surface area contributed by atoms with Gasteiger partial charge in [0, 0.05) is 32.1 Å². The molecule has 0 saturated carbocycles. The second kappa shape index (κ2) is 6.58. The molecule has 0 aromatic carbocycles. The smallest absolute Gasteiger partial charge is 0.320 e. The largest absolute Gasteiger partial charge is 0.378 e. The molecule has 0 radical (unpaired) electrons. The van der Waals surface area contributed by atoms with Crippen molar-refractivity contribution in [3.05, 3.63) is 22.4 Å².